The predicted molar refractivity (Wildman–Crippen MR) is 80.6 cm³/mol. The first-order valence-corrected chi connectivity index (χ1v) is 6.77. The van der Waals surface area contributed by atoms with E-state index >= 15 is 0 Å². The lowest BCUT2D eigenvalue weighted by atomic mass is 9.99. The van der Waals surface area contributed by atoms with E-state index in [0.29, 0.717) is 0 Å². The highest BCUT2D eigenvalue weighted by Crippen LogP contribution is 2.18. The maximum Gasteiger partial charge on any atom is 0.119 e. The molecule has 1 aliphatic rings. The summed E-state index contributed by atoms with van der Waals surface area (Å²) in [7, 11) is 1.67. The zero-order valence-electron chi connectivity index (χ0n) is 11.8. The van der Waals surface area contributed by atoms with Crippen molar-refractivity contribution in [2.75, 3.05) is 33.4 Å². The third kappa shape index (κ3) is 5.29. The zero-order valence-corrected chi connectivity index (χ0v) is 12.6. The van der Waals surface area contributed by atoms with Gasteiger partial charge in [0.1, 0.15) is 18.1 Å². The Hall–Kier alpha value is -0.930. The van der Waals surface area contributed by atoms with E-state index in [4.69, 9.17) is 9.47 Å². The molecular formula is C15H24ClNO2. The molecule has 0 aliphatic carbocycles. The monoisotopic (exact) mass is 285 g/mol. The van der Waals surface area contributed by atoms with Crippen LogP contribution in [0.3, 0.4) is 0 Å². The summed E-state index contributed by atoms with van der Waals surface area (Å²) in [5.41, 5.74) is 0. The van der Waals surface area contributed by atoms with Gasteiger partial charge in [-0.2, -0.15) is 0 Å². The molecule has 0 N–H and O–H groups in total. The fourth-order valence-electron chi connectivity index (χ4n) is 2.25. The van der Waals surface area contributed by atoms with Gasteiger partial charge in [0, 0.05) is 6.54 Å². The van der Waals surface area contributed by atoms with E-state index in [1.54, 1.807) is 7.11 Å². The van der Waals surface area contributed by atoms with Crippen molar-refractivity contribution in [1.82, 2.24) is 4.90 Å². The van der Waals surface area contributed by atoms with Gasteiger partial charge in [0.15, 0.2) is 0 Å². The smallest absolute Gasteiger partial charge is 0.119 e. The van der Waals surface area contributed by atoms with Crippen molar-refractivity contribution in [3.8, 4) is 11.5 Å². The second kappa shape index (κ2) is 8.28. The average Bonchev–Trinajstić information content (AvgIpc) is 2.42. The fourth-order valence-corrected chi connectivity index (χ4v) is 2.25. The molecule has 0 atom stereocenters. The third-order valence-electron chi connectivity index (χ3n) is 3.61. The summed E-state index contributed by atoms with van der Waals surface area (Å²) in [4.78, 5) is 2.49. The molecule has 4 heteroatoms. The van der Waals surface area contributed by atoms with Crippen molar-refractivity contribution in [3.63, 3.8) is 0 Å². The second-order valence-electron chi connectivity index (χ2n) is 5.05. The highest BCUT2D eigenvalue weighted by Gasteiger charge is 2.14. The molecule has 0 aromatic heterocycles. The van der Waals surface area contributed by atoms with Crippen molar-refractivity contribution >= 4 is 12.4 Å². The number of methoxy groups -OCH3 is 1. The molecular weight excluding hydrogens is 262 g/mol. The predicted octanol–water partition coefficient (Wildman–Crippen LogP) is 3.23. The van der Waals surface area contributed by atoms with Crippen LogP contribution in [0.4, 0.5) is 0 Å². The van der Waals surface area contributed by atoms with E-state index in [1.165, 1.54) is 25.9 Å². The highest BCUT2D eigenvalue weighted by molar-refractivity contribution is 5.85. The van der Waals surface area contributed by atoms with Crippen LogP contribution >= 0.6 is 12.4 Å². The first-order valence-electron chi connectivity index (χ1n) is 6.77. The van der Waals surface area contributed by atoms with Crippen LogP contribution in [0.25, 0.3) is 0 Å². The van der Waals surface area contributed by atoms with Gasteiger partial charge in [-0.25, -0.2) is 0 Å². The van der Waals surface area contributed by atoms with Crippen LogP contribution in [-0.2, 0) is 0 Å². The van der Waals surface area contributed by atoms with Crippen LogP contribution in [0.5, 0.6) is 11.5 Å². The van der Waals surface area contributed by atoms with Gasteiger partial charge < -0.3 is 9.47 Å². The van der Waals surface area contributed by atoms with E-state index in [1.807, 2.05) is 24.3 Å². The van der Waals surface area contributed by atoms with Crippen molar-refractivity contribution in [3.05, 3.63) is 24.3 Å². The summed E-state index contributed by atoms with van der Waals surface area (Å²) < 4.78 is 10.9. The second-order valence-corrected chi connectivity index (χ2v) is 5.05. The van der Waals surface area contributed by atoms with Gasteiger partial charge in [0.2, 0.25) is 0 Å². The number of ether oxygens (including phenoxy) is 2. The fraction of sp³-hybridized carbons (Fsp3) is 0.600. The lowest BCUT2D eigenvalue weighted by Crippen LogP contribution is -2.35. The van der Waals surface area contributed by atoms with Crippen molar-refractivity contribution in [1.29, 1.82) is 0 Å². The Bertz CT molecular complexity index is 348. The van der Waals surface area contributed by atoms with Crippen molar-refractivity contribution in [2.24, 2.45) is 5.92 Å². The third-order valence-corrected chi connectivity index (χ3v) is 3.61. The zero-order chi connectivity index (χ0) is 12.8. The molecule has 1 aromatic carbocycles. The molecule has 0 unspecified atom stereocenters. The molecule has 0 saturated carbocycles. The van der Waals surface area contributed by atoms with Gasteiger partial charge in [-0.3, -0.25) is 4.90 Å². The molecule has 1 aliphatic heterocycles. The Morgan fingerprint density at radius 3 is 2.26 bits per heavy atom. The minimum absolute atomic E-state index is 0. The summed E-state index contributed by atoms with van der Waals surface area (Å²) in [5, 5.41) is 0. The number of hydrogen-bond donors (Lipinski definition) is 0. The standard InChI is InChI=1S/C15H23NO2.ClH/c1-13-7-9-16(10-8-13)11-12-18-15-5-3-14(17-2)4-6-15;/h3-6,13H,7-12H2,1-2H3;1H. The van der Waals surface area contributed by atoms with Gasteiger partial charge in [0.25, 0.3) is 0 Å². The van der Waals surface area contributed by atoms with Gasteiger partial charge in [-0.05, 0) is 56.1 Å². The number of piperidine rings is 1. The lowest BCUT2D eigenvalue weighted by Gasteiger charge is -2.29. The largest absolute Gasteiger partial charge is 0.497 e. The maximum absolute atomic E-state index is 5.74. The van der Waals surface area contributed by atoms with Crippen LogP contribution in [0.2, 0.25) is 0 Å². The van der Waals surface area contributed by atoms with Crippen molar-refractivity contribution < 1.29 is 9.47 Å². The highest BCUT2D eigenvalue weighted by atomic mass is 35.5. The van der Waals surface area contributed by atoms with E-state index in [9.17, 15) is 0 Å². The van der Waals surface area contributed by atoms with Gasteiger partial charge in [-0.1, -0.05) is 6.92 Å². The minimum Gasteiger partial charge on any atom is -0.497 e. The summed E-state index contributed by atoms with van der Waals surface area (Å²) in [6.45, 7) is 6.56. The van der Waals surface area contributed by atoms with Crippen LogP contribution in [0.15, 0.2) is 24.3 Å². The van der Waals surface area contributed by atoms with Crippen LogP contribution in [0, 0.1) is 5.92 Å². The topological polar surface area (TPSA) is 21.7 Å². The van der Waals surface area contributed by atoms with Crippen LogP contribution < -0.4 is 9.47 Å². The number of rotatable bonds is 5. The summed E-state index contributed by atoms with van der Waals surface area (Å²) in [6.07, 6.45) is 2.64. The molecule has 0 spiro atoms. The minimum atomic E-state index is 0. The van der Waals surface area contributed by atoms with Crippen LogP contribution in [-0.4, -0.2) is 38.3 Å². The summed E-state index contributed by atoms with van der Waals surface area (Å²) >= 11 is 0. The molecule has 1 saturated heterocycles. The summed E-state index contributed by atoms with van der Waals surface area (Å²) in [6, 6.07) is 7.77. The molecule has 108 valence electrons. The number of nitrogens with zero attached hydrogens (tertiary/aromatic N) is 1. The molecule has 1 fully saturated rings. The van der Waals surface area contributed by atoms with E-state index < -0.39 is 0 Å². The SMILES string of the molecule is COc1ccc(OCCN2CCC(C)CC2)cc1.Cl. The Kier molecular flexibility index (Phi) is 7.03. The van der Waals surface area contributed by atoms with Gasteiger partial charge >= 0.3 is 0 Å². The summed E-state index contributed by atoms with van der Waals surface area (Å²) in [5.74, 6) is 2.68. The maximum atomic E-state index is 5.74. The molecule has 0 amide bonds. The van der Waals surface area contributed by atoms with E-state index in [0.717, 1.165) is 30.6 Å². The van der Waals surface area contributed by atoms with Gasteiger partial charge in [0.05, 0.1) is 7.11 Å². The molecule has 1 aromatic rings. The lowest BCUT2D eigenvalue weighted by molar-refractivity contribution is 0.160. The average molecular weight is 286 g/mol. The first kappa shape index (κ1) is 16.1. The van der Waals surface area contributed by atoms with E-state index in [-0.39, 0.29) is 12.4 Å². The normalized spacial score (nSPS) is 16.7. The van der Waals surface area contributed by atoms with Gasteiger partial charge in [-0.15, -0.1) is 12.4 Å². The van der Waals surface area contributed by atoms with Crippen molar-refractivity contribution in [2.45, 2.75) is 19.8 Å². The Labute approximate surface area is 122 Å². The number of benzene rings is 1. The number of hydrogen-bond acceptors (Lipinski definition) is 3. The molecule has 3 nitrogen and oxygen atoms in total. The molecule has 2 rings (SSSR count). The Balaban J connectivity index is 0.00000180. The molecule has 0 bridgehead atoms. The number of halogens is 1. The molecule has 1 heterocycles. The van der Waals surface area contributed by atoms with Crippen LogP contribution in [0.1, 0.15) is 19.8 Å². The van der Waals surface area contributed by atoms with E-state index in [2.05, 4.69) is 11.8 Å². The Morgan fingerprint density at radius 1 is 1.11 bits per heavy atom. The Morgan fingerprint density at radius 2 is 1.68 bits per heavy atom. The molecule has 19 heavy (non-hydrogen) atoms. The molecule has 0 radical (unpaired) electrons. The quantitative estimate of drug-likeness (QED) is 0.829. The number of likely N-dealkylation sites (tertiary alicyclic amines) is 1. The first-order chi connectivity index (χ1) is 8.78.